The first-order chi connectivity index (χ1) is 8.13. The van der Waals surface area contributed by atoms with Crippen molar-refractivity contribution in [1.29, 1.82) is 0 Å². The van der Waals surface area contributed by atoms with Crippen LogP contribution in [0.4, 0.5) is 5.82 Å². The lowest BCUT2D eigenvalue weighted by molar-refractivity contribution is 1.10. The fourth-order valence-corrected chi connectivity index (χ4v) is 2.32. The highest BCUT2D eigenvalue weighted by Crippen LogP contribution is 2.31. The second-order valence-corrected chi connectivity index (χ2v) is 5.07. The van der Waals surface area contributed by atoms with Crippen LogP contribution in [0.1, 0.15) is 24.0 Å². The summed E-state index contributed by atoms with van der Waals surface area (Å²) in [6.07, 6.45) is 2.43. The summed E-state index contributed by atoms with van der Waals surface area (Å²) in [5, 5.41) is 4.82. The molecule has 2 aromatic rings. The first-order valence-electron chi connectivity index (χ1n) is 5.84. The van der Waals surface area contributed by atoms with E-state index in [4.69, 9.17) is 11.6 Å². The van der Waals surface area contributed by atoms with E-state index in [9.17, 15) is 0 Å². The van der Waals surface area contributed by atoms with E-state index < -0.39 is 0 Å². The van der Waals surface area contributed by atoms with E-state index in [-0.39, 0.29) is 0 Å². The van der Waals surface area contributed by atoms with Crippen molar-refractivity contribution in [2.45, 2.75) is 32.7 Å². The summed E-state index contributed by atoms with van der Waals surface area (Å²) in [5.41, 5.74) is 3.31. The SMILES string of the molecule is Cc1cc(C)c2c(NC3CC3)nc(Cl)nc2c1. The van der Waals surface area contributed by atoms with Crippen molar-refractivity contribution in [3.05, 3.63) is 28.5 Å². The van der Waals surface area contributed by atoms with Crippen LogP contribution in [0.3, 0.4) is 0 Å². The number of hydrogen-bond donors (Lipinski definition) is 1. The molecule has 0 atom stereocenters. The molecule has 1 heterocycles. The number of rotatable bonds is 2. The van der Waals surface area contributed by atoms with Crippen molar-refractivity contribution >= 4 is 28.3 Å². The third kappa shape index (κ3) is 2.07. The third-order valence-electron chi connectivity index (χ3n) is 3.03. The smallest absolute Gasteiger partial charge is 0.224 e. The molecule has 4 heteroatoms. The summed E-state index contributed by atoms with van der Waals surface area (Å²) in [6.45, 7) is 4.15. The monoisotopic (exact) mass is 247 g/mol. The summed E-state index contributed by atoms with van der Waals surface area (Å²) in [7, 11) is 0. The molecule has 1 aromatic carbocycles. The van der Waals surface area contributed by atoms with Crippen molar-refractivity contribution in [2.75, 3.05) is 5.32 Å². The quantitative estimate of drug-likeness (QED) is 0.826. The van der Waals surface area contributed by atoms with Crippen LogP contribution in [0.5, 0.6) is 0 Å². The standard InChI is InChI=1S/C13H14ClN3/c1-7-5-8(2)11-10(6-7)16-13(14)17-12(11)15-9-3-4-9/h5-6,9H,3-4H2,1-2H3,(H,15,16,17). The normalized spacial score (nSPS) is 15.2. The Hall–Kier alpha value is -1.35. The molecular weight excluding hydrogens is 234 g/mol. The molecule has 0 bridgehead atoms. The van der Waals surface area contributed by atoms with Gasteiger partial charge in [0, 0.05) is 11.4 Å². The fraction of sp³-hybridized carbons (Fsp3) is 0.385. The molecule has 1 fully saturated rings. The maximum Gasteiger partial charge on any atom is 0.224 e. The van der Waals surface area contributed by atoms with E-state index in [2.05, 4.69) is 35.2 Å². The van der Waals surface area contributed by atoms with Crippen LogP contribution in [-0.4, -0.2) is 16.0 Å². The molecule has 3 rings (SSSR count). The molecule has 0 unspecified atom stereocenters. The molecule has 1 N–H and O–H groups in total. The molecule has 0 saturated heterocycles. The number of benzene rings is 1. The number of nitrogens with one attached hydrogen (secondary N) is 1. The molecule has 0 aliphatic heterocycles. The lowest BCUT2D eigenvalue weighted by atomic mass is 10.1. The molecule has 1 aliphatic carbocycles. The summed E-state index contributed by atoms with van der Waals surface area (Å²) in [4.78, 5) is 8.62. The molecule has 0 spiro atoms. The average molecular weight is 248 g/mol. The lowest BCUT2D eigenvalue weighted by Crippen LogP contribution is -2.05. The number of aryl methyl sites for hydroxylation is 2. The Bertz CT molecular complexity index is 585. The first-order valence-corrected chi connectivity index (χ1v) is 6.22. The molecule has 88 valence electrons. The summed E-state index contributed by atoms with van der Waals surface area (Å²) < 4.78 is 0. The third-order valence-corrected chi connectivity index (χ3v) is 3.20. The Morgan fingerprint density at radius 2 is 2.00 bits per heavy atom. The van der Waals surface area contributed by atoms with E-state index >= 15 is 0 Å². The average Bonchev–Trinajstić information content (AvgIpc) is 2.99. The Morgan fingerprint density at radius 1 is 1.24 bits per heavy atom. The zero-order valence-electron chi connectivity index (χ0n) is 9.92. The molecular formula is C13H14ClN3. The number of aromatic nitrogens is 2. The van der Waals surface area contributed by atoms with Gasteiger partial charge in [-0.25, -0.2) is 9.97 Å². The minimum Gasteiger partial charge on any atom is -0.367 e. The predicted molar refractivity (Wildman–Crippen MR) is 70.7 cm³/mol. The van der Waals surface area contributed by atoms with Gasteiger partial charge in [0.05, 0.1) is 5.52 Å². The van der Waals surface area contributed by atoms with E-state index in [0.29, 0.717) is 11.3 Å². The Labute approximate surface area is 105 Å². The minimum absolute atomic E-state index is 0.311. The highest BCUT2D eigenvalue weighted by molar-refractivity contribution is 6.28. The Morgan fingerprint density at radius 3 is 2.71 bits per heavy atom. The van der Waals surface area contributed by atoms with Gasteiger partial charge in [0.1, 0.15) is 5.82 Å². The van der Waals surface area contributed by atoms with Gasteiger partial charge in [-0.05, 0) is 55.5 Å². The highest BCUT2D eigenvalue weighted by Gasteiger charge is 2.23. The van der Waals surface area contributed by atoms with Crippen LogP contribution < -0.4 is 5.32 Å². The number of anilines is 1. The largest absolute Gasteiger partial charge is 0.367 e. The Kier molecular flexibility index (Phi) is 2.44. The van der Waals surface area contributed by atoms with Gasteiger partial charge in [-0.2, -0.15) is 0 Å². The van der Waals surface area contributed by atoms with Gasteiger partial charge in [0.2, 0.25) is 5.28 Å². The topological polar surface area (TPSA) is 37.8 Å². The Balaban J connectivity index is 2.24. The highest BCUT2D eigenvalue weighted by atomic mass is 35.5. The first kappa shape index (κ1) is 10.8. The van der Waals surface area contributed by atoms with Crippen molar-refractivity contribution in [3.63, 3.8) is 0 Å². The molecule has 1 saturated carbocycles. The van der Waals surface area contributed by atoms with Gasteiger partial charge < -0.3 is 5.32 Å². The number of fused-ring (bicyclic) bond motifs is 1. The van der Waals surface area contributed by atoms with Gasteiger partial charge in [-0.3, -0.25) is 0 Å². The molecule has 3 nitrogen and oxygen atoms in total. The van der Waals surface area contributed by atoms with Crippen molar-refractivity contribution in [2.24, 2.45) is 0 Å². The van der Waals surface area contributed by atoms with Crippen LogP contribution >= 0.6 is 11.6 Å². The van der Waals surface area contributed by atoms with Gasteiger partial charge in [0.15, 0.2) is 0 Å². The number of hydrogen-bond acceptors (Lipinski definition) is 3. The zero-order chi connectivity index (χ0) is 12.0. The van der Waals surface area contributed by atoms with Crippen LogP contribution in [-0.2, 0) is 0 Å². The molecule has 0 amide bonds. The van der Waals surface area contributed by atoms with Crippen molar-refractivity contribution < 1.29 is 0 Å². The van der Waals surface area contributed by atoms with Crippen LogP contribution in [0.25, 0.3) is 10.9 Å². The van der Waals surface area contributed by atoms with Crippen molar-refractivity contribution in [3.8, 4) is 0 Å². The van der Waals surface area contributed by atoms with E-state index in [0.717, 1.165) is 16.7 Å². The number of nitrogens with zero attached hydrogens (tertiary/aromatic N) is 2. The maximum absolute atomic E-state index is 5.97. The van der Waals surface area contributed by atoms with Crippen LogP contribution in [0.15, 0.2) is 12.1 Å². The van der Waals surface area contributed by atoms with Crippen molar-refractivity contribution in [1.82, 2.24) is 9.97 Å². The molecule has 0 radical (unpaired) electrons. The predicted octanol–water partition coefficient (Wildman–Crippen LogP) is 3.47. The van der Waals surface area contributed by atoms with Crippen LogP contribution in [0, 0.1) is 13.8 Å². The van der Waals surface area contributed by atoms with Gasteiger partial charge in [-0.15, -0.1) is 0 Å². The van der Waals surface area contributed by atoms with Gasteiger partial charge >= 0.3 is 0 Å². The summed E-state index contributed by atoms with van der Waals surface area (Å²) >= 11 is 5.97. The second kappa shape index (κ2) is 3.84. The molecule has 1 aromatic heterocycles. The van der Waals surface area contributed by atoms with E-state index in [1.165, 1.54) is 24.0 Å². The second-order valence-electron chi connectivity index (χ2n) is 4.74. The zero-order valence-corrected chi connectivity index (χ0v) is 10.7. The lowest BCUT2D eigenvalue weighted by Gasteiger charge is -2.11. The van der Waals surface area contributed by atoms with Crippen LogP contribution in [0.2, 0.25) is 5.28 Å². The number of halogens is 1. The molecule has 17 heavy (non-hydrogen) atoms. The summed E-state index contributed by atoms with van der Waals surface area (Å²) in [6, 6.07) is 4.76. The van der Waals surface area contributed by atoms with Gasteiger partial charge in [-0.1, -0.05) is 6.07 Å². The van der Waals surface area contributed by atoms with E-state index in [1.54, 1.807) is 0 Å². The van der Waals surface area contributed by atoms with Gasteiger partial charge in [0.25, 0.3) is 0 Å². The fourth-order valence-electron chi connectivity index (χ4n) is 2.14. The molecule has 1 aliphatic rings. The van der Waals surface area contributed by atoms with E-state index in [1.807, 2.05) is 6.07 Å². The summed E-state index contributed by atoms with van der Waals surface area (Å²) in [5.74, 6) is 0.875. The maximum atomic E-state index is 5.97. The minimum atomic E-state index is 0.311.